The predicted molar refractivity (Wildman–Crippen MR) is 127 cm³/mol. The van der Waals surface area contributed by atoms with Crippen molar-refractivity contribution in [2.45, 2.75) is 49.9 Å². The molecule has 0 spiro atoms. The van der Waals surface area contributed by atoms with E-state index in [2.05, 4.69) is 38.5 Å². The number of carbonyl (C=O) groups is 5. The summed E-state index contributed by atoms with van der Waals surface area (Å²) in [6.45, 7) is 0. The molecule has 0 aromatic carbocycles. The number of H-pyrrole nitrogens is 1. The number of rotatable bonds is 16. The van der Waals surface area contributed by atoms with Crippen molar-refractivity contribution in [1.29, 1.82) is 0 Å². The summed E-state index contributed by atoms with van der Waals surface area (Å²) in [4.78, 5) is 66.8. The maximum atomic E-state index is 12.8. The summed E-state index contributed by atoms with van der Waals surface area (Å²) in [5, 5.41) is 25.4. The van der Waals surface area contributed by atoms with Crippen molar-refractivity contribution >= 4 is 54.1 Å². The number of carboxylic acids is 2. The Morgan fingerprint density at radius 2 is 1.68 bits per heavy atom. The zero-order valence-electron chi connectivity index (χ0n) is 18.5. The average molecular weight is 519 g/mol. The van der Waals surface area contributed by atoms with Gasteiger partial charge in [-0.2, -0.15) is 24.4 Å². The third-order valence-corrected chi connectivity index (χ3v) is 5.66. The van der Waals surface area contributed by atoms with Crippen LogP contribution in [0.15, 0.2) is 12.5 Å². The van der Waals surface area contributed by atoms with Crippen LogP contribution in [0.4, 0.5) is 0 Å². The molecule has 0 fully saturated rings. The lowest BCUT2D eigenvalue weighted by molar-refractivity contribution is -0.142. The van der Waals surface area contributed by atoms with Gasteiger partial charge in [0, 0.05) is 30.5 Å². The molecule has 3 amide bonds. The predicted octanol–water partition coefficient (Wildman–Crippen LogP) is -1.63. The second kappa shape index (κ2) is 15.2. The molecule has 8 N–H and O–H groups in total. The van der Waals surface area contributed by atoms with Crippen molar-refractivity contribution in [2.75, 3.05) is 17.8 Å². The SMILES string of the molecule is CSCCC(NC(=O)C(CS)NC(=O)C(CCC(=O)O)NC(=O)C(N)Cc1cnc[nH]1)C(=O)O. The molecule has 4 unspecified atom stereocenters. The van der Waals surface area contributed by atoms with Gasteiger partial charge in [0.2, 0.25) is 17.7 Å². The number of carboxylic acid groups (broad SMARTS) is 2. The summed E-state index contributed by atoms with van der Waals surface area (Å²) in [6, 6.07) is -4.70. The van der Waals surface area contributed by atoms with Crippen LogP contribution in [0.2, 0.25) is 0 Å². The van der Waals surface area contributed by atoms with Crippen molar-refractivity contribution in [3.05, 3.63) is 18.2 Å². The Labute approximate surface area is 205 Å². The van der Waals surface area contributed by atoms with E-state index in [0.717, 1.165) is 0 Å². The standard InChI is InChI=1S/C19H30N6O7S2/c1-34-5-4-13(19(31)32)24-18(30)14(8-33)25-17(29)12(2-3-15(26)27)23-16(28)11(20)6-10-7-21-9-22-10/h7,9,11-14,33H,2-6,8,20H2,1H3,(H,21,22)(H,23,28)(H,24,30)(H,25,29)(H,26,27)(H,31,32). The normalized spacial score (nSPS) is 14.3. The molecule has 1 rings (SSSR count). The van der Waals surface area contributed by atoms with E-state index in [1.807, 2.05) is 0 Å². The van der Waals surface area contributed by atoms with Crippen LogP contribution in [-0.2, 0) is 30.4 Å². The smallest absolute Gasteiger partial charge is 0.326 e. The monoisotopic (exact) mass is 518 g/mol. The number of aromatic amines is 1. The van der Waals surface area contributed by atoms with Gasteiger partial charge in [-0.25, -0.2) is 9.78 Å². The van der Waals surface area contributed by atoms with Crippen LogP contribution in [-0.4, -0.2) is 91.8 Å². The number of amides is 3. The van der Waals surface area contributed by atoms with E-state index in [1.165, 1.54) is 24.3 Å². The molecule has 15 heteroatoms. The number of aliphatic carboxylic acids is 2. The van der Waals surface area contributed by atoms with Crippen LogP contribution in [0.1, 0.15) is 25.0 Å². The van der Waals surface area contributed by atoms with E-state index in [4.69, 9.17) is 10.8 Å². The van der Waals surface area contributed by atoms with Crippen molar-refractivity contribution < 1.29 is 34.2 Å². The maximum absolute atomic E-state index is 12.8. The molecule has 4 atom stereocenters. The Morgan fingerprint density at radius 1 is 1.06 bits per heavy atom. The van der Waals surface area contributed by atoms with E-state index >= 15 is 0 Å². The van der Waals surface area contributed by atoms with Crippen molar-refractivity contribution in [3.8, 4) is 0 Å². The van der Waals surface area contributed by atoms with Gasteiger partial charge >= 0.3 is 11.9 Å². The summed E-state index contributed by atoms with van der Waals surface area (Å²) in [5.74, 6) is -4.36. The average Bonchev–Trinajstić information content (AvgIpc) is 3.29. The van der Waals surface area contributed by atoms with Gasteiger partial charge in [-0.05, 0) is 24.9 Å². The topological polar surface area (TPSA) is 217 Å². The molecule has 1 aromatic rings. The fourth-order valence-corrected chi connectivity index (χ4v) is 3.50. The van der Waals surface area contributed by atoms with Gasteiger partial charge in [-0.1, -0.05) is 0 Å². The van der Waals surface area contributed by atoms with Gasteiger partial charge in [0.15, 0.2) is 0 Å². The maximum Gasteiger partial charge on any atom is 0.326 e. The van der Waals surface area contributed by atoms with Gasteiger partial charge < -0.3 is 36.9 Å². The number of nitrogens with two attached hydrogens (primary N) is 1. The van der Waals surface area contributed by atoms with Crippen molar-refractivity contribution in [3.63, 3.8) is 0 Å². The van der Waals surface area contributed by atoms with Crippen LogP contribution in [0, 0.1) is 0 Å². The van der Waals surface area contributed by atoms with Gasteiger partial charge in [0.1, 0.15) is 18.1 Å². The molecule has 13 nitrogen and oxygen atoms in total. The highest BCUT2D eigenvalue weighted by atomic mass is 32.2. The van der Waals surface area contributed by atoms with E-state index < -0.39 is 60.2 Å². The highest BCUT2D eigenvalue weighted by Crippen LogP contribution is 2.05. The highest BCUT2D eigenvalue weighted by molar-refractivity contribution is 7.98. The molecule has 0 saturated heterocycles. The zero-order valence-corrected chi connectivity index (χ0v) is 20.2. The van der Waals surface area contributed by atoms with Gasteiger partial charge in [-0.3, -0.25) is 19.2 Å². The van der Waals surface area contributed by atoms with Crippen LogP contribution in [0.5, 0.6) is 0 Å². The van der Waals surface area contributed by atoms with Crippen molar-refractivity contribution in [1.82, 2.24) is 25.9 Å². The van der Waals surface area contributed by atoms with Crippen LogP contribution < -0.4 is 21.7 Å². The number of hydrogen-bond acceptors (Lipinski definition) is 9. The first kappa shape index (κ1) is 29.3. The minimum Gasteiger partial charge on any atom is -0.481 e. The summed E-state index contributed by atoms with van der Waals surface area (Å²) < 4.78 is 0. The molecular formula is C19H30N6O7S2. The Balaban J connectivity index is 2.83. The third-order valence-electron chi connectivity index (χ3n) is 4.65. The number of nitrogens with one attached hydrogen (secondary N) is 4. The lowest BCUT2D eigenvalue weighted by Gasteiger charge is -2.24. The summed E-state index contributed by atoms with van der Waals surface area (Å²) in [7, 11) is 0. The molecule has 1 heterocycles. The highest BCUT2D eigenvalue weighted by Gasteiger charge is 2.30. The van der Waals surface area contributed by atoms with Crippen molar-refractivity contribution in [2.24, 2.45) is 5.73 Å². The quantitative estimate of drug-likeness (QED) is 0.117. The van der Waals surface area contributed by atoms with E-state index in [1.54, 1.807) is 6.26 Å². The minimum atomic E-state index is -1.29. The summed E-state index contributed by atoms with van der Waals surface area (Å²) >= 11 is 5.46. The number of carbonyl (C=O) groups excluding carboxylic acids is 3. The molecule has 0 bridgehead atoms. The minimum absolute atomic E-state index is 0.105. The molecular weight excluding hydrogens is 488 g/mol. The van der Waals surface area contributed by atoms with E-state index in [-0.39, 0.29) is 25.0 Å². The molecule has 0 aliphatic carbocycles. The number of hydrogen-bond donors (Lipinski definition) is 8. The molecule has 0 aliphatic rings. The molecule has 0 aliphatic heterocycles. The molecule has 0 saturated carbocycles. The molecule has 0 radical (unpaired) electrons. The van der Waals surface area contributed by atoms with Crippen LogP contribution in [0.3, 0.4) is 0 Å². The Morgan fingerprint density at radius 3 is 2.21 bits per heavy atom. The fraction of sp³-hybridized carbons (Fsp3) is 0.579. The Hall–Kier alpha value is -2.78. The summed E-state index contributed by atoms with van der Waals surface area (Å²) in [5.41, 5.74) is 6.46. The second-order valence-electron chi connectivity index (χ2n) is 7.31. The lowest BCUT2D eigenvalue weighted by atomic mass is 10.1. The fourth-order valence-electron chi connectivity index (χ4n) is 2.77. The first-order valence-corrected chi connectivity index (χ1v) is 12.3. The number of thiol groups is 1. The number of nitrogens with zero attached hydrogens (tertiary/aromatic N) is 1. The van der Waals surface area contributed by atoms with E-state index in [9.17, 15) is 29.1 Å². The van der Waals surface area contributed by atoms with Gasteiger partial charge in [0.25, 0.3) is 0 Å². The number of thioether (sulfide) groups is 1. The second-order valence-corrected chi connectivity index (χ2v) is 8.66. The summed E-state index contributed by atoms with van der Waals surface area (Å²) in [6.07, 6.45) is 4.30. The van der Waals surface area contributed by atoms with Gasteiger partial charge in [-0.15, -0.1) is 0 Å². The molecule has 1 aromatic heterocycles. The Bertz CT molecular complexity index is 839. The number of aromatic nitrogens is 2. The number of imidazole rings is 1. The van der Waals surface area contributed by atoms with Crippen LogP contribution >= 0.6 is 24.4 Å². The third kappa shape index (κ3) is 10.4. The Kier molecular flexibility index (Phi) is 13.1. The zero-order chi connectivity index (χ0) is 25.7. The largest absolute Gasteiger partial charge is 0.481 e. The van der Waals surface area contributed by atoms with E-state index in [0.29, 0.717) is 11.4 Å². The molecule has 34 heavy (non-hydrogen) atoms. The first-order valence-electron chi connectivity index (χ1n) is 10.3. The lowest BCUT2D eigenvalue weighted by Crippen LogP contribution is -2.57. The first-order chi connectivity index (χ1) is 16.1. The van der Waals surface area contributed by atoms with Gasteiger partial charge in [0.05, 0.1) is 12.4 Å². The van der Waals surface area contributed by atoms with Crippen LogP contribution in [0.25, 0.3) is 0 Å². The molecule has 190 valence electrons.